The van der Waals surface area contributed by atoms with Crippen LogP contribution in [-0.2, 0) is 32.0 Å². The molecule has 0 aliphatic carbocycles. The van der Waals surface area contributed by atoms with Gasteiger partial charge in [0.2, 0.25) is 10.0 Å². The van der Waals surface area contributed by atoms with Crippen molar-refractivity contribution in [1.82, 2.24) is 14.5 Å². The summed E-state index contributed by atoms with van der Waals surface area (Å²) < 4.78 is 54.7. The van der Waals surface area contributed by atoms with E-state index in [1.54, 1.807) is 0 Å². The molecule has 1 aromatic heterocycles. The molecule has 34 heavy (non-hydrogen) atoms. The van der Waals surface area contributed by atoms with Crippen LogP contribution >= 0.6 is 0 Å². The number of benzene rings is 1. The molecule has 0 fully saturated rings. The highest BCUT2D eigenvalue weighted by Gasteiger charge is 2.33. The van der Waals surface area contributed by atoms with Crippen molar-refractivity contribution < 1.29 is 21.9 Å². The Hall–Kier alpha value is -2.93. The zero-order chi connectivity index (χ0) is 25.6. The van der Waals surface area contributed by atoms with Gasteiger partial charge in [0, 0.05) is 17.6 Å². The van der Waals surface area contributed by atoms with Gasteiger partial charge in [0.05, 0.1) is 11.9 Å². The third kappa shape index (κ3) is 5.41. The number of hydrogen-bond donors (Lipinski definition) is 3. The van der Waals surface area contributed by atoms with Gasteiger partial charge >= 0.3 is 0 Å². The third-order valence-corrected chi connectivity index (χ3v) is 6.99. The van der Waals surface area contributed by atoms with Crippen LogP contribution in [0.5, 0.6) is 5.75 Å². The number of nitrogens with zero attached hydrogens (tertiary/aromatic N) is 3. The Morgan fingerprint density at radius 1 is 1.24 bits per heavy atom. The van der Waals surface area contributed by atoms with Crippen molar-refractivity contribution in [2.75, 3.05) is 11.0 Å². The van der Waals surface area contributed by atoms with Crippen molar-refractivity contribution in [2.45, 2.75) is 57.9 Å². The molecule has 186 valence electrons. The molecule has 0 bridgehead atoms. The minimum atomic E-state index is -4.23. The average Bonchev–Trinajstić information content (AvgIpc) is 2.65. The predicted octanol–water partition coefficient (Wildman–Crippen LogP) is 2.03. The summed E-state index contributed by atoms with van der Waals surface area (Å²) in [5, 5.41) is 15.3. The minimum absolute atomic E-state index is 0.00514. The van der Waals surface area contributed by atoms with Crippen molar-refractivity contribution in [1.29, 1.82) is 0 Å². The maximum Gasteiger partial charge on any atom is 0.281 e. The molecule has 3 rings (SSSR count). The number of rotatable bonds is 6. The van der Waals surface area contributed by atoms with Crippen LogP contribution in [0.2, 0.25) is 0 Å². The zero-order valence-corrected chi connectivity index (χ0v) is 21.5. The van der Waals surface area contributed by atoms with Crippen LogP contribution in [0.25, 0.3) is 0 Å². The predicted molar refractivity (Wildman–Crippen MR) is 130 cm³/mol. The SMILES string of the molecule is CC(C)CCn1nc(C(C)(C)C)c(O)c(C2=Nc3ccc(NS(C)(=O)=O)cc3S(=O)(=O)N2)c1=O. The van der Waals surface area contributed by atoms with E-state index in [9.17, 15) is 26.7 Å². The first-order chi connectivity index (χ1) is 15.5. The van der Waals surface area contributed by atoms with Crippen LogP contribution in [0.15, 0.2) is 32.9 Å². The lowest BCUT2D eigenvalue weighted by atomic mass is 9.90. The number of aryl methyl sites for hydroxylation is 1. The van der Waals surface area contributed by atoms with Crippen LogP contribution in [0.3, 0.4) is 0 Å². The Kier molecular flexibility index (Phi) is 6.57. The Morgan fingerprint density at radius 2 is 1.88 bits per heavy atom. The highest BCUT2D eigenvalue weighted by molar-refractivity contribution is 7.92. The number of hydrogen-bond acceptors (Lipinski definition) is 8. The lowest BCUT2D eigenvalue weighted by Gasteiger charge is -2.24. The molecule has 0 unspecified atom stereocenters. The van der Waals surface area contributed by atoms with Gasteiger partial charge in [-0.1, -0.05) is 34.6 Å². The van der Waals surface area contributed by atoms with Crippen LogP contribution in [0, 0.1) is 5.92 Å². The summed E-state index contributed by atoms with van der Waals surface area (Å²) in [6, 6.07) is 3.81. The van der Waals surface area contributed by atoms with Crippen LogP contribution in [0.1, 0.15) is 52.3 Å². The van der Waals surface area contributed by atoms with Gasteiger partial charge in [0.1, 0.15) is 16.2 Å². The highest BCUT2D eigenvalue weighted by Crippen LogP contribution is 2.34. The van der Waals surface area contributed by atoms with Crippen molar-refractivity contribution in [3.8, 4) is 5.75 Å². The van der Waals surface area contributed by atoms with Crippen molar-refractivity contribution in [2.24, 2.45) is 10.9 Å². The molecule has 11 nitrogen and oxygen atoms in total. The lowest BCUT2D eigenvalue weighted by molar-refractivity contribution is 0.401. The number of sulfonamides is 2. The summed E-state index contributed by atoms with van der Waals surface area (Å²) in [4.78, 5) is 17.3. The summed E-state index contributed by atoms with van der Waals surface area (Å²) >= 11 is 0. The van der Waals surface area contributed by atoms with Crippen molar-refractivity contribution in [3.05, 3.63) is 39.8 Å². The number of aliphatic imine (C=N–C) groups is 1. The molecule has 0 saturated heterocycles. The molecule has 2 aromatic rings. The molecular formula is C21H29N5O6S2. The van der Waals surface area contributed by atoms with Gasteiger partial charge in [-0.05, 0) is 30.5 Å². The summed E-state index contributed by atoms with van der Waals surface area (Å²) in [5.74, 6) is -0.486. The van der Waals surface area contributed by atoms with Crippen molar-refractivity contribution >= 4 is 37.3 Å². The maximum absolute atomic E-state index is 13.3. The Labute approximate surface area is 199 Å². The minimum Gasteiger partial charge on any atom is -0.505 e. The quantitative estimate of drug-likeness (QED) is 0.535. The van der Waals surface area contributed by atoms with E-state index in [2.05, 4.69) is 19.5 Å². The molecule has 0 spiro atoms. The molecule has 13 heteroatoms. The zero-order valence-electron chi connectivity index (χ0n) is 19.9. The fourth-order valence-corrected chi connectivity index (χ4v) is 5.08. The molecule has 0 radical (unpaired) electrons. The van der Waals surface area contributed by atoms with E-state index >= 15 is 0 Å². The van der Waals surface area contributed by atoms with E-state index in [4.69, 9.17) is 0 Å². The molecule has 3 N–H and O–H groups in total. The number of anilines is 1. The molecule has 0 amide bonds. The maximum atomic E-state index is 13.3. The summed E-state index contributed by atoms with van der Waals surface area (Å²) in [6.45, 7) is 9.72. The Morgan fingerprint density at radius 3 is 2.44 bits per heavy atom. The van der Waals surface area contributed by atoms with E-state index in [-0.39, 0.29) is 45.8 Å². The molecule has 0 atom stereocenters. The van der Waals surface area contributed by atoms with E-state index < -0.39 is 36.8 Å². The average molecular weight is 512 g/mol. The second-order valence-corrected chi connectivity index (χ2v) is 13.1. The molecule has 1 aliphatic rings. The summed E-state index contributed by atoms with van der Waals surface area (Å²) in [6.07, 6.45) is 1.59. The normalized spacial score (nSPS) is 15.4. The van der Waals surface area contributed by atoms with Gasteiger partial charge in [0.15, 0.2) is 11.6 Å². The van der Waals surface area contributed by atoms with Gasteiger partial charge in [-0.3, -0.25) is 14.2 Å². The molecule has 0 saturated carbocycles. The monoisotopic (exact) mass is 511 g/mol. The number of amidine groups is 1. The summed E-state index contributed by atoms with van der Waals surface area (Å²) in [7, 11) is -7.86. The molecule has 2 heterocycles. The highest BCUT2D eigenvalue weighted by atomic mass is 32.2. The fourth-order valence-electron chi connectivity index (χ4n) is 3.34. The number of aromatic hydroxyl groups is 1. The fraction of sp³-hybridized carbons (Fsp3) is 0.476. The first-order valence-electron chi connectivity index (χ1n) is 10.6. The second-order valence-electron chi connectivity index (χ2n) is 9.66. The lowest BCUT2D eigenvalue weighted by Crippen LogP contribution is -2.40. The number of fused-ring (bicyclic) bond motifs is 1. The first kappa shape index (κ1) is 25.7. The van der Waals surface area contributed by atoms with Gasteiger partial charge in [-0.2, -0.15) is 5.10 Å². The van der Waals surface area contributed by atoms with E-state index in [1.165, 1.54) is 16.8 Å². The summed E-state index contributed by atoms with van der Waals surface area (Å²) in [5.41, 5.74) is -1.35. The topological polar surface area (TPSA) is 160 Å². The Balaban J connectivity index is 2.23. The molecule has 1 aliphatic heterocycles. The van der Waals surface area contributed by atoms with E-state index in [0.717, 1.165) is 12.3 Å². The molecule has 1 aromatic carbocycles. The largest absolute Gasteiger partial charge is 0.505 e. The van der Waals surface area contributed by atoms with Crippen LogP contribution in [-0.4, -0.2) is 43.8 Å². The van der Waals surface area contributed by atoms with E-state index in [0.29, 0.717) is 6.42 Å². The number of aromatic nitrogens is 2. The van der Waals surface area contributed by atoms with Crippen molar-refractivity contribution in [3.63, 3.8) is 0 Å². The van der Waals surface area contributed by atoms with Gasteiger partial charge in [0.25, 0.3) is 15.6 Å². The van der Waals surface area contributed by atoms with E-state index in [1.807, 2.05) is 34.6 Å². The Bertz CT molecular complexity index is 1440. The third-order valence-electron chi connectivity index (χ3n) is 5.01. The van der Waals surface area contributed by atoms with Gasteiger partial charge in [-0.15, -0.1) is 0 Å². The second kappa shape index (κ2) is 8.69. The number of nitrogens with one attached hydrogen (secondary N) is 2. The molecular weight excluding hydrogens is 482 g/mol. The van der Waals surface area contributed by atoms with Gasteiger partial charge < -0.3 is 5.11 Å². The first-order valence-corrected chi connectivity index (χ1v) is 14.0. The smallest absolute Gasteiger partial charge is 0.281 e. The standard InChI is InChI=1S/C21H29N5O6S2/c1-12(2)9-10-26-20(28)16(17(27)18(23-26)21(3,4)5)19-22-14-8-7-13(24-33(6,29)30)11-15(14)34(31,32)25-19/h7-8,11-12,24,27H,9-10H2,1-6H3,(H,22,25). The van der Waals surface area contributed by atoms with Crippen LogP contribution < -0.4 is 15.0 Å². The van der Waals surface area contributed by atoms with Gasteiger partial charge in [-0.25, -0.2) is 26.5 Å². The van der Waals surface area contributed by atoms with Crippen LogP contribution in [0.4, 0.5) is 11.4 Å².